The highest BCUT2D eigenvalue weighted by Gasteiger charge is 2.12. The van der Waals surface area contributed by atoms with Crippen LogP contribution in [0, 0.1) is 0 Å². The van der Waals surface area contributed by atoms with E-state index in [4.69, 9.17) is 9.15 Å². The fourth-order valence-corrected chi connectivity index (χ4v) is 2.03. The topological polar surface area (TPSA) is 56.5 Å². The van der Waals surface area contributed by atoms with Gasteiger partial charge in [0.15, 0.2) is 11.5 Å². The molecule has 2 rings (SSSR count). The standard InChI is InChI=1S/C16H18O4/c1-2-19-16(18)10-6-4-8-13(17)15-11-12-7-3-5-9-14(12)20-15/h3,5,7,9,11H,2,4,6,8,10H2,1H3. The number of ether oxygens (including phenoxy) is 1. The van der Waals surface area contributed by atoms with Gasteiger partial charge in [-0.3, -0.25) is 9.59 Å². The summed E-state index contributed by atoms with van der Waals surface area (Å²) in [5.41, 5.74) is 0.724. The van der Waals surface area contributed by atoms with Crippen molar-refractivity contribution in [3.8, 4) is 0 Å². The Morgan fingerprint density at radius 1 is 1.15 bits per heavy atom. The molecule has 4 nitrogen and oxygen atoms in total. The molecule has 0 aliphatic rings. The molecule has 0 saturated carbocycles. The van der Waals surface area contributed by atoms with Crippen molar-refractivity contribution in [2.24, 2.45) is 0 Å². The Morgan fingerprint density at radius 3 is 2.65 bits per heavy atom. The minimum atomic E-state index is -0.205. The maximum atomic E-state index is 12.0. The molecule has 20 heavy (non-hydrogen) atoms. The van der Waals surface area contributed by atoms with E-state index in [9.17, 15) is 9.59 Å². The van der Waals surface area contributed by atoms with E-state index in [0.717, 1.165) is 11.0 Å². The van der Waals surface area contributed by atoms with Crippen LogP contribution in [0.25, 0.3) is 11.0 Å². The number of fused-ring (bicyclic) bond motifs is 1. The zero-order valence-electron chi connectivity index (χ0n) is 11.6. The summed E-state index contributed by atoms with van der Waals surface area (Å²) in [7, 11) is 0. The number of benzene rings is 1. The molecule has 106 valence electrons. The van der Waals surface area contributed by atoms with Crippen molar-refractivity contribution in [3.63, 3.8) is 0 Å². The quantitative estimate of drug-likeness (QED) is 0.438. The fourth-order valence-electron chi connectivity index (χ4n) is 2.03. The largest absolute Gasteiger partial charge is 0.466 e. The number of para-hydroxylation sites is 1. The SMILES string of the molecule is CCOC(=O)CCCCC(=O)c1cc2ccccc2o1. The Morgan fingerprint density at radius 2 is 1.90 bits per heavy atom. The Balaban J connectivity index is 1.81. The Hall–Kier alpha value is -2.10. The first-order valence-corrected chi connectivity index (χ1v) is 6.88. The highest BCUT2D eigenvalue weighted by atomic mass is 16.5. The van der Waals surface area contributed by atoms with Crippen LogP contribution in [0.2, 0.25) is 0 Å². The zero-order chi connectivity index (χ0) is 14.4. The van der Waals surface area contributed by atoms with Crippen LogP contribution in [0.5, 0.6) is 0 Å². The number of esters is 1. The lowest BCUT2D eigenvalue weighted by Gasteiger charge is -2.00. The van der Waals surface area contributed by atoms with Crippen LogP contribution in [0.1, 0.15) is 43.2 Å². The molecule has 0 saturated heterocycles. The van der Waals surface area contributed by atoms with E-state index >= 15 is 0 Å². The summed E-state index contributed by atoms with van der Waals surface area (Å²) in [6.45, 7) is 2.18. The highest BCUT2D eigenvalue weighted by molar-refractivity contribution is 5.97. The Labute approximate surface area is 117 Å². The molecule has 0 spiro atoms. The van der Waals surface area contributed by atoms with E-state index in [0.29, 0.717) is 38.1 Å². The van der Waals surface area contributed by atoms with Gasteiger partial charge in [-0.15, -0.1) is 0 Å². The maximum Gasteiger partial charge on any atom is 0.305 e. The molecule has 0 aliphatic heterocycles. The number of carbonyl (C=O) groups is 2. The van der Waals surface area contributed by atoms with Gasteiger partial charge in [0, 0.05) is 18.2 Å². The van der Waals surface area contributed by atoms with E-state index in [1.165, 1.54) is 0 Å². The molecule has 1 heterocycles. The number of hydrogen-bond acceptors (Lipinski definition) is 4. The van der Waals surface area contributed by atoms with Crippen molar-refractivity contribution >= 4 is 22.7 Å². The van der Waals surface area contributed by atoms with E-state index in [2.05, 4.69) is 0 Å². The molecule has 0 N–H and O–H groups in total. The van der Waals surface area contributed by atoms with Crippen molar-refractivity contribution in [2.45, 2.75) is 32.6 Å². The summed E-state index contributed by atoms with van der Waals surface area (Å²) in [6.07, 6.45) is 2.07. The van der Waals surface area contributed by atoms with Crippen LogP contribution in [0.3, 0.4) is 0 Å². The maximum absolute atomic E-state index is 12.0. The third-order valence-corrected chi connectivity index (χ3v) is 3.04. The molecule has 0 unspecified atom stereocenters. The van der Waals surface area contributed by atoms with Crippen molar-refractivity contribution in [1.29, 1.82) is 0 Å². The first-order chi connectivity index (χ1) is 9.70. The minimum absolute atomic E-state index is 0.0231. The van der Waals surface area contributed by atoms with Crippen LogP contribution in [0.15, 0.2) is 34.7 Å². The van der Waals surface area contributed by atoms with Crippen LogP contribution >= 0.6 is 0 Å². The molecule has 1 aromatic carbocycles. The average molecular weight is 274 g/mol. The number of rotatable bonds is 7. The van der Waals surface area contributed by atoms with Gasteiger partial charge in [0.25, 0.3) is 0 Å². The molecular formula is C16H18O4. The summed E-state index contributed by atoms with van der Waals surface area (Å²) < 4.78 is 10.3. The summed E-state index contributed by atoms with van der Waals surface area (Å²) in [5.74, 6) is 0.163. The third kappa shape index (κ3) is 3.70. The number of furan rings is 1. The van der Waals surface area contributed by atoms with Gasteiger partial charge in [-0.2, -0.15) is 0 Å². The zero-order valence-corrected chi connectivity index (χ0v) is 11.6. The minimum Gasteiger partial charge on any atom is -0.466 e. The van der Waals surface area contributed by atoms with Crippen molar-refractivity contribution < 1.29 is 18.7 Å². The van der Waals surface area contributed by atoms with Gasteiger partial charge >= 0.3 is 5.97 Å². The average Bonchev–Trinajstić information content (AvgIpc) is 2.87. The highest BCUT2D eigenvalue weighted by Crippen LogP contribution is 2.20. The number of ketones is 1. The Bertz CT molecular complexity index is 564. The second-order valence-corrected chi connectivity index (χ2v) is 4.58. The summed E-state index contributed by atoms with van der Waals surface area (Å²) >= 11 is 0. The smallest absolute Gasteiger partial charge is 0.305 e. The van der Waals surface area contributed by atoms with Crippen molar-refractivity contribution in [2.75, 3.05) is 6.61 Å². The summed E-state index contributed by atoms with van der Waals surface area (Å²) in [6, 6.07) is 9.30. The van der Waals surface area contributed by atoms with Gasteiger partial charge in [0.05, 0.1) is 6.61 Å². The summed E-state index contributed by atoms with van der Waals surface area (Å²) in [5, 5.41) is 0.933. The number of hydrogen-bond donors (Lipinski definition) is 0. The summed E-state index contributed by atoms with van der Waals surface area (Å²) in [4.78, 5) is 23.1. The molecule has 0 aliphatic carbocycles. The van der Waals surface area contributed by atoms with Gasteiger partial charge in [-0.25, -0.2) is 0 Å². The van der Waals surface area contributed by atoms with E-state index < -0.39 is 0 Å². The second-order valence-electron chi connectivity index (χ2n) is 4.58. The molecule has 1 aromatic heterocycles. The second kappa shape index (κ2) is 6.89. The van der Waals surface area contributed by atoms with E-state index in [1.54, 1.807) is 13.0 Å². The van der Waals surface area contributed by atoms with Crippen LogP contribution < -0.4 is 0 Å². The van der Waals surface area contributed by atoms with Crippen LogP contribution in [-0.2, 0) is 9.53 Å². The van der Waals surface area contributed by atoms with Crippen LogP contribution in [0.4, 0.5) is 0 Å². The van der Waals surface area contributed by atoms with Crippen molar-refractivity contribution in [1.82, 2.24) is 0 Å². The molecule has 4 heteroatoms. The van der Waals surface area contributed by atoms with E-state index in [1.807, 2.05) is 24.3 Å². The molecule has 0 atom stereocenters. The lowest BCUT2D eigenvalue weighted by atomic mass is 10.1. The molecule has 2 aromatic rings. The monoisotopic (exact) mass is 274 g/mol. The van der Waals surface area contributed by atoms with Gasteiger partial charge in [0.2, 0.25) is 0 Å². The van der Waals surface area contributed by atoms with Gasteiger partial charge < -0.3 is 9.15 Å². The van der Waals surface area contributed by atoms with Crippen molar-refractivity contribution in [3.05, 3.63) is 36.1 Å². The lowest BCUT2D eigenvalue weighted by molar-refractivity contribution is -0.143. The number of Topliss-reactive ketones (excluding diaryl/α,β-unsaturated/α-hetero) is 1. The van der Waals surface area contributed by atoms with Gasteiger partial charge in [-0.05, 0) is 31.9 Å². The molecule has 0 radical (unpaired) electrons. The number of carbonyl (C=O) groups excluding carboxylic acids is 2. The molecule has 0 fully saturated rings. The van der Waals surface area contributed by atoms with Gasteiger partial charge in [-0.1, -0.05) is 18.2 Å². The first kappa shape index (κ1) is 14.3. The normalized spacial score (nSPS) is 10.7. The Kier molecular flexibility index (Phi) is 4.93. The fraction of sp³-hybridized carbons (Fsp3) is 0.375. The number of unbranched alkanes of at least 4 members (excludes halogenated alkanes) is 1. The van der Waals surface area contributed by atoms with Crippen LogP contribution in [-0.4, -0.2) is 18.4 Å². The van der Waals surface area contributed by atoms with Gasteiger partial charge in [0.1, 0.15) is 5.58 Å². The van der Waals surface area contributed by atoms with E-state index in [-0.39, 0.29) is 11.8 Å². The molecular weight excluding hydrogens is 256 g/mol. The first-order valence-electron chi connectivity index (χ1n) is 6.88. The third-order valence-electron chi connectivity index (χ3n) is 3.04. The predicted octanol–water partition coefficient (Wildman–Crippen LogP) is 3.74. The molecule has 0 bridgehead atoms. The molecule has 0 amide bonds. The lowest BCUT2D eigenvalue weighted by Crippen LogP contribution is -2.04. The predicted molar refractivity (Wildman–Crippen MR) is 75.6 cm³/mol.